The SMILES string of the molecule is N=Cc1c(Nc2ccccc2)ccc2c1c1c3ccccc3c3ccccc3c1n2-c1ccc(-c2cc(-c3ccccc3)cc(-c3ccccc3)n2)cc1. The van der Waals surface area contributed by atoms with Crippen molar-refractivity contribution in [1.29, 1.82) is 5.41 Å². The van der Waals surface area contributed by atoms with Crippen molar-refractivity contribution in [3.63, 3.8) is 0 Å². The molecule has 254 valence electrons. The minimum absolute atomic E-state index is 0.854. The van der Waals surface area contributed by atoms with Crippen LogP contribution in [0.5, 0.6) is 0 Å². The predicted octanol–water partition coefficient (Wildman–Crippen LogP) is 13.2. The second-order valence-electron chi connectivity index (χ2n) is 13.6. The third-order valence-electron chi connectivity index (χ3n) is 10.5. The topological polar surface area (TPSA) is 53.7 Å². The van der Waals surface area contributed by atoms with Crippen LogP contribution < -0.4 is 5.32 Å². The van der Waals surface area contributed by atoms with Crippen molar-refractivity contribution in [2.75, 3.05) is 5.32 Å². The molecule has 8 aromatic carbocycles. The molecule has 2 heterocycles. The van der Waals surface area contributed by atoms with E-state index >= 15 is 0 Å². The number of para-hydroxylation sites is 1. The number of aromatic nitrogens is 2. The molecule has 0 aliphatic carbocycles. The Balaban J connectivity index is 1.21. The zero-order chi connectivity index (χ0) is 36.0. The quantitative estimate of drug-likeness (QED) is 0.129. The van der Waals surface area contributed by atoms with E-state index in [1.165, 1.54) is 27.8 Å². The van der Waals surface area contributed by atoms with Gasteiger partial charge in [0.2, 0.25) is 0 Å². The molecule has 0 saturated heterocycles. The summed E-state index contributed by atoms with van der Waals surface area (Å²) in [7, 11) is 0. The number of rotatable bonds is 7. The Kier molecular flexibility index (Phi) is 7.59. The predicted molar refractivity (Wildman–Crippen MR) is 228 cm³/mol. The van der Waals surface area contributed by atoms with Gasteiger partial charge in [-0.3, -0.25) is 0 Å². The van der Waals surface area contributed by atoms with Crippen LogP contribution in [0.25, 0.3) is 82.7 Å². The number of pyridine rings is 1. The van der Waals surface area contributed by atoms with Crippen LogP contribution in [-0.4, -0.2) is 15.8 Å². The molecule has 4 nitrogen and oxygen atoms in total. The summed E-state index contributed by atoms with van der Waals surface area (Å²) in [6, 6.07) is 65.9. The lowest BCUT2D eigenvalue weighted by molar-refractivity contribution is 1.18. The standard InChI is InChI=1S/C50H34N4/c51-32-43-44(52-37-18-8-3-9-19-37)28-29-47-48(43)49-41-22-12-10-20-39(41)40-21-11-13-23-42(40)50(49)54(47)38-26-24-35(25-27-38)46-31-36(33-14-4-1-5-15-33)30-45(53-46)34-16-6-2-7-17-34/h1-32,51-52H. The largest absolute Gasteiger partial charge is 0.355 e. The molecule has 10 aromatic rings. The molecule has 0 spiro atoms. The van der Waals surface area contributed by atoms with Gasteiger partial charge in [0.25, 0.3) is 0 Å². The maximum absolute atomic E-state index is 8.79. The van der Waals surface area contributed by atoms with Gasteiger partial charge in [-0.25, -0.2) is 4.98 Å². The Morgan fingerprint density at radius 2 is 1.00 bits per heavy atom. The van der Waals surface area contributed by atoms with Gasteiger partial charge in [-0.05, 0) is 75.8 Å². The van der Waals surface area contributed by atoms with Gasteiger partial charge >= 0.3 is 0 Å². The molecule has 0 bridgehead atoms. The highest BCUT2D eigenvalue weighted by Crippen LogP contribution is 2.45. The van der Waals surface area contributed by atoms with E-state index in [9.17, 15) is 0 Å². The number of benzene rings is 8. The number of fused-ring (bicyclic) bond motifs is 8. The van der Waals surface area contributed by atoms with Gasteiger partial charge in [0.1, 0.15) is 0 Å². The van der Waals surface area contributed by atoms with Crippen LogP contribution >= 0.6 is 0 Å². The summed E-state index contributed by atoms with van der Waals surface area (Å²) < 4.78 is 2.38. The normalized spacial score (nSPS) is 11.4. The van der Waals surface area contributed by atoms with Crippen molar-refractivity contribution in [2.24, 2.45) is 0 Å². The maximum atomic E-state index is 8.79. The van der Waals surface area contributed by atoms with Crippen molar-refractivity contribution in [2.45, 2.75) is 0 Å². The Hall–Kier alpha value is -7.30. The van der Waals surface area contributed by atoms with E-state index in [-0.39, 0.29) is 0 Å². The van der Waals surface area contributed by atoms with E-state index in [0.29, 0.717) is 0 Å². The van der Waals surface area contributed by atoms with Crippen molar-refractivity contribution in [3.05, 3.63) is 194 Å². The van der Waals surface area contributed by atoms with Crippen LogP contribution in [-0.2, 0) is 0 Å². The Bertz CT molecular complexity index is 2940. The number of nitrogens with zero attached hydrogens (tertiary/aromatic N) is 2. The zero-order valence-electron chi connectivity index (χ0n) is 29.4. The van der Waals surface area contributed by atoms with E-state index in [1.807, 2.05) is 24.3 Å². The van der Waals surface area contributed by atoms with Gasteiger partial charge in [-0.1, -0.05) is 140 Å². The summed E-state index contributed by atoms with van der Waals surface area (Å²) in [5.74, 6) is 0. The molecular weight excluding hydrogens is 657 g/mol. The molecule has 10 rings (SSSR count). The Morgan fingerprint density at radius 1 is 0.463 bits per heavy atom. The first-order valence-corrected chi connectivity index (χ1v) is 18.2. The lowest BCUT2D eigenvalue weighted by Gasteiger charge is -2.14. The highest BCUT2D eigenvalue weighted by molar-refractivity contribution is 6.34. The molecular formula is C50H34N4. The van der Waals surface area contributed by atoms with Crippen molar-refractivity contribution < 1.29 is 0 Å². The fraction of sp³-hybridized carbons (Fsp3) is 0. The lowest BCUT2D eigenvalue weighted by Crippen LogP contribution is -1.98. The highest BCUT2D eigenvalue weighted by Gasteiger charge is 2.22. The van der Waals surface area contributed by atoms with Crippen LogP contribution in [0.1, 0.15) is 5.56 Å². The van der Waals surface area contributed by atoms with Gasteiger partial charge in [-0.15, -0.1) is 0 Å². The Labute approximate surface area is 313 Å². The number of anilines is 2. The van der Waals surface area contributed by atoms with Gasteiger partial charge in [0.15, 0.2) is 0 Å². The first-order valence-electron chi connectivity index (χ1n) is 18.2. The van der Waals surface area contributed by atoms with Crippen LogP contribution in [0, 0.1) is 5.41 Å². The van der Waals surface area contributed by atoms with E-state index in [1.54, 1.807) is 0 Å². The second kappa shape index (κ2) is 13.0. The van der Waals surface area contributed by atoms with Crippen LogP contribution in [0.3, 0.4) is 0 Å². The first kappa shape index (κ1) is 31.4. The lowest BCUT2D eigenvalue weighted by atomic mass is 9.95. The van der Waals surface area contributed by atoms with E-state index < -0.39 is 0 Å². The molecule has 54 heavy (non-hydrogen) atoms. The van der Waals surface area contributed by atoms with Gasteiger partial charge in [-0.2, -0.15) is 0 Å². The molecule has 0 aliphatic heterocycles. The molecule has 4 heteroatoms. The minimum Gasteiger partial charge on any atom is -0.355 e. The molecule has 0 unspecified atom stereocenters. The summed E-state index contributed by atoms with van der Waals surface area (Å²) in [5.41, 5.74) is 12.2. The van der Waals surface area contributed by atoms with Gasteiger partial charge in [0.05, 0.1) is 22.4 Å². The molecule has 0 saturated carbocycles. The molecule has 2 N–H and O–H groups in total. The Morgan fingerprint density at radius 3 is 1.65 bits per heavy atom. The summed E-state index contributed by atoms with van der Waals surface area (Å²) in [6.45, 7) is 0. The van der Waals surface area contributed by atoms with Crippen molar-refractivity contribution in [3.8, 4) is 39.3 Å². The highest BCUT2D eigenvalue weighted by atomic mass is 15.0. The zero-order valence-corrected chi connectivity index (χ0v) is 29.4. The summed E-state index contributed by atoms with van der Waals surface area (Å²) in [4.78, 5) is 5.19. The summed E-state index contributed by atoms with van der Waals surface area (Å²) >= 11 is 0. The molecule has 2 aromatic heterocycles. The number of hydrogen-bond donors (Lipinski definition) is 2. The average molecular weight is 691 g/mol. The van der Waals surface area contributed by atoms with Gasteiger partial charge < -0.3 is 15.3 Å². The monoisotopic (exact) mass is 690 g/mol. The van der Waals surface area contributed by atoms with Crippen molar-refractivity contribution in [1.82, 2.24) is 9.55 Å². The first-order chi connectivity index (χ1) is 26.7. The van der Waals surface area contributed by atoms with Crippen LogP contribution in [0.15, 0.2) is 188 Å². The second-order valence-corrected chi connectivity index (χ2v) is 13.6. The van der Waals surface area contributed by atoms with E-state index in [0.717, 1.165) is 78.1 Å². The number of nitrogens with one attached hydrogen (secondary N) is 2. The number of hydrogen-bond acceptors (Lipinski definition) is 3. The fourth-order valence-corrected chi connectivity index (χ4v) is 8.00. The molecule has 0 atom stereocenters. The average Bonchev–Trinajstić information content (AvgIpc) is 3.60. The molecule has 0 radical (unpaired) electrons. The molecule has 0 fully saturated rings. The third kappa shape index (κ3) is 5.23. The molecule has 0 aliphatic rings. The third-order valence-corrected chi connectivity index (χ3v) is 10.5. The maximum Gasteiger partial charge on any atom is 0.0715 e. The minimum atomic E-state index is 0.854. The molecule has 0 amide bonds. The fourth-order valence-electron chi connectivity index (χ4n) is 8.00. The van der Waals surface area contributed by atoms with E-state index in [2.05, 4.69) is 174 Å². The van der Waals surface area contributed by atoms with Crippen LogP contribution in [0.2, 0.25) is 0 Å². The summed E-state index contributed by atoms with van der Waals surface area (Å²) in [6.07, 6.45) is 1.50. The summed E-state index contributed by atoms with van der Waals surface area (Å²) in [5, 5.41) is 19.3. The van der Waals surface area contributed by atoms with Gasteiger partial charge in [0, 0.05) is 56.1 Å². The van der Waals surface area contributed by atoms with Crippen molar-refractivity contribution >= 4 is 60.9 Å². The van der Waals surface area contributed by atoms with E-state index in [4.69, 9.17) is 10.4 Å². The van der Waals surface area contributed by atoms with Crippen LogP contribution in [0.4, 0.5) is 11.4 Å². The smallest absolute Gasteiger partial charge is 0.0715 e.